The van der Waals surface area contributed by atoms with Gasteiger partial charge in [0.2, 0.25) is 5.91 Å². The number of anilines is 1. The molecule has 2 rings (SSSR count). The summed E-state index contributed by atoms with van der Waals surface area (Å²) in [6.45, 7) is 3.20. The molecule has 1 fully saturated rings. The Balaban J connectivity index is 0.00000144. The smallest absolute Gasteiger partial charge is 0.236 e. The van der Waals surface area contributed by atoms with Gasteiger partial charge in [0.1, 0.15) is 5.82 Å². The van der Waals surface area contributed by atoms with Gasteiger partial charge in [-0.05, 0) is 12.1 Å². The van der Waals surface area contributed by atoms with Crippen LogP contribution < -0.4 is 10.6 Å². The Labute approximate surface area is 119 Å². The van der Waals surface area contributed by atoms with Gasteiger partial charge in [-0.15, -0.1) is 24.8 Å². The van der Waals surface area contributed by atoms with E-state index in [1.807, 2.05) is 18.2 Å². The maximum atomic E-state index is 11.4. The van der Waals surface area contributed by atoms with Crippen molar-refractivity contribution in [1.29, 1.82) is 0 Å². The first-order chi connectivity index (χ1) is 7.81. The molecule has 5 nitrogen and oxygen atoms in total. The number of aromatic nitrogens is 1. The molecule has 1 aliphatic heterocycles. The first-order valence-corrected chi connectivity index (χ1v) is 5.45. The van der Waals surface area contributed by atoms with Crippen LogP contribution in [0.4, 0.5) is 5.82 Å². The molecule has 0 bridgehead atoms. The van der Waals surface area contributed by atoms with E-state index in [1.165, 1.54) is 0 Å². The minimum absolute atomic E-state index is 0. The molecular formula is C11H18Cl2N4O. The molecule has 102 valence electrons. The average Bonchev–Trinajstić information content (AvgIpc) is 2.39. The molecule has 0 radical (unpaired) electrons. The minimum atomic E-state index is 0. The van der Waals surface area contributed by atoms with Gasteiger partial charge >= 0.3 is 0 Å². The molecule has 7 heteroatoms. The molecule has 0 unspecified atom stereocenters. The fraction of sp³-hybridized carbons (Fsp3) is 0.455. The maximum absolute atomic E-state index is 11.4. The fourth-order valence-electron chi connectivity index (χ4n) is 1.85. The number of rotatable bonds is 2. The number of pyridine rings is 1. The molecule has 2 N–H and O–H groups in total. The molecule has 0 saturated carbocycles. The Kier molecular flexibility index (Phi) is 7.66. The summed E-state index contributed by atoms with van der Waals surface area (Å²) in [5.41, 5.74) is 5.33. The zero-order valence-electron chi connectivity index (χ0n) is 9.99. The summed E-state index contributed by atoms with van der Waals surface area (Å²) in [5, 5.41) is 0. The van der Waals surface area contributed by atoms with Crippen LogP contribution in [0.5, 0.6) is 0 Å². The van der Waals surface area contributed by atoms with E-state index in [4.69, 9.17) is 5.73 Å². The van der Waals surface area contributed by atoms with E-state index in [0.29, 0.717) is 0 Å². The predicted molar refractivity (Wildman–Crippen MR) is 76.6 cm³/mol. The summed E-state index contributed by atoms with van der Waals surface area (Å²) >= 11 is 0. The monoisotopic (exact) mass is 292 g/mol. The van der Waals surface area contributed by atoms with E-state index in [9.17, 15) is 4.79 Å². The van der Waals surface area contributed by atoms with Gasteiger partial charge in [-0.3, -0.25) is 4.79 Å². The Hall–Kier alpha value is -1.04. The SMILES string of the molecule is Cl.Cl.NCC(=O)N1CCN(c2ccccn2)CC1. The van der Waals surface area contributed by atoms with Crippen molar-refractivity contribution in [1.82, 2.24) is 9.88 Å². The lowest BCUT2D eigenvalue weighted by Crippen LogP contribution is -2.50. The number of piperazine rings is 1. The van der Waals surface area contributed by atoms with E-state index < -0.39 is 0 Å². The standard InChI is InChI=1S/C11H16N4O.2ClH/c12-9-11(16)15-7-5-14(6-8-15)10-3-1-2-4-13-10;;/h1-4H,5-9,12H2;2*1H. The summed E-state index contributed by atoms with van der Waals surface area (Å²) in [4.78, 5) is 19.7. The summed E-state index contributed by atoms with van der Waals surface area (Å²) in [6.07, 6.45) is 1.78. The first-order valence-electron chi connectivity index (χ1n) is 5.45. The van der Waals surface area contributed by atoms with Crippen LogP contribution in [0, 0.1) is 0 Å². The first kappa shape index (κ1) is 17.0. The predicted octanol–water partition coefficient (Wildman–Crippen LogP) is 0.532. The van der Waals surface area contributed by atoms with Crippen LogP contribution in [0.3, 0.4) is 0 Å². The van der Waals surface area contributed by atoms with E-state index >= 15 is 0 Å². The zero-order chi connectivity index (χ0) is 11.4. The van der Waals surface area contributed by atoms with Gasteiger partial charge in [0, 0.05) is 32.4 Å². The second-order valence-corrected chi connectivity index (χ2v) is 3.76. The summed E-state index contributed by atoms with van der Waals surface area (Å²) < 4.78 is 0. The third kappa shape index (κ3) is 4.01. The van der Waals surface area contributed by atoms with Gasteiger partial charge in [0.25, 0.3) is 0 Å². The Morgan fingerprint density at radius 1 is 1.22 bits per heavy atom. The normalized spacial score (nSPS) is 14.5. The third-order valence-corrected chi connectivity index (χ3v) is 2.78. The van der Waals surface area contributed by atoms with E-state index in [0.717, 1.165) is 32.0 Å². The number of carbonyl (C=O) groups excluding carboxylic acids is 1. The van der Waals surface area contributed by atoms with E-state index in [-0.39, 0.29) is 37.3 Å². The molecule has 0 atom stereocenters. The molecule has 2 heterocycles. The Bertz CT molecular complexity index is 355. The van der Waals surface area contributed by atoms with Crippen molar-refractivity contribution in [3.63, 3.8) is 0 Å². The highest BCUT2D eigenvalue weighted by molar-refractivity contribution is 5.85. The summed E-state index contributed by atoms with van der Waals surface area (Å²) in [6, 6.07) is 5.86. The summed E-state index contributed by atoms with van der Waals surface area (Å²) in [5.74, 6) is 1.00. The van der Waals surface area contributed by atoms with Gasteiger partial charge < -0.3 is 15.5 Å². The molecule has 1 amide bonds. The highest BCUT2D eigenvalue weighted by Crippen LogP contribution is 2.12. The van der Waals surface area contributed by atoms with Crippen LogP contribution in [0.25, 0.3) is 0 Å². The number of carbonyl (C=O) groups is 1. The molecule has 1 aromatic rings. The Morgan fingerprint density at radius 2 is 1.89 bits per heavy atom. The molecule has 1 aromatic heterocycles. The third-order valence-electron chi connectivity index (χ3n) is 2.78. The van der Waals surface area contributed by atoms with Gasteiger partial charge in [-0.2, -0.15) is 0 Å². The van der Waals surface area contributed by atoms with Crippen LogP contribution in [0.2, 0.25) is 0 Å². The molecule has 0 aromatic carbocycles. The van der Waals surface area contributed by atoms with Crippen molar-refractivity contribution in [3.05, 3.63) is 24.4 Å². The molecular weight excluding hydrogens is 275 g/mol. The minimum Gasteiger partial charge on any atom is -0.353 e. The Morgan fingerprint density at radius 3 is 2.39 bits per heavy atom. The van der Waals surface area contributed by atoms with Crippen LogP contribution in [-0.2, 0) is 4.79 Å². The fourth-order valence-corrected chi connectivity index (χ4v) is 1.85. The van der Waals surface area contributed by atoms with Gasteiger partial charge in [0.15, 0.2) is 0 Å². The van der Waals surface area contributed by atoms with E-state index in [1.54, 1.807) is 11.1 Å². The number of nitrogens with two attached hydrogens (primary N) is 1. The van der Waals surface area contributed by atoms with Crippen molar-refractivity contribution in [3.8, 4) is 0 Å². The number of hydrogen-bond donors (Lipinski definition) is 1. The van der Waals surface area contributed by atoms with Gasteiger partial charge in [0.05, 0.1) is 6.54 Å². The largest absolute Gasteiger partial charge is 0.353 e. The molecule has 18 heavy (non-hydrogen) atoms. The van der Waals surface area contributed by atoms with Crippen LogP contribution in [-0.4, -0.2) is 48.5 Å². The molecule has 0 aliphatic carbocycles. The highest BCUT2D eigenvalue weighted by Gasteiger charge is 2.20. The lowest BCUT2D eigenvalue weighted by molar-refractivity contribution is -0.129. The number of amides is 1. The van der Waals surface area contributed by atoms with Gasteiger partial charge in [-0.25, -0.2) is 4.98 Å². The lowest BCUT2D eigenvalue weighted by Gasteiger charge is -2.35. The number of hydrogen-bond acceptors (Lipinski definition) is 4. The number of halogens is 2. The molecule has 1 saturated heterocycles. The van der Waals surface area contributed by atoms with Crippen molar-refractivity contribution in [2.45, 2.75) is 0 Å². The second kappa shape index (κ2) is 8.13. The average molecular weight is 293 g/mol. The quantitative estimate of drug-likeness (QED) is 0.864. The molecule has 1 aliphatic rings. The van der Waals surface area contributed by atoms with Crippen molar-refractivity contribution >= 4 is 36.5 Å². The molecule has 0 spiro atoms. The van der Waals surface area contributed by atoms with Gasteiger partial charge in [-0.1, -0.05) is 6.07 Å². The van der Waals surface area contributed by atoms with Crippen molar-refractivity contribution in [2.24, 2.45) is 5.73 Å². The van der Waals surface area contributed by atoms with E-state index in [2.05, 4.69) is 9.88 Å². The van der Waals surface area contributed by atoms with Crippen LogP contribution >= 0.6 is 24.8 Å². The van der Waals surface area contributed by atoms with Crippen molar-refractivity contribution in [2.75, 3.05) is 37.6 Å². The summed E-state index contributed by atoms with van der Waals surface area (Å²) in [7, 11) is 0. The second-order valence-electron chi connectivity index (χ2n) is 3.76. The van der Waals surface area contributed by atoms with Crippen LogP contribution in [0.1, 0.15) is 0 Å². The van der Waals surface area contributed by atoms with Crippen LogP contribution in [0.15, 0.2) is 24.4 Å². The maximum Gasteiger partial charge on any atom is 0.236 e. The topological polar surface area (TPSA) is 62.5 Å². The lowest BCUT2D eigenvalue weighted by atomic mass is 10.3. The van der Waals surface area contributed by atoms with Crippen molar-refractivity contribution < 1.29 is 4.79 Å². The number of nitrogens with zero attached hydrogens (tertiary/aromatic N) is 3. The zero-order valence-corrected chi connectivity index (χ0v) is 11.6. The highest BCUT2D eigenvalue weighted by atomic mass is 35.5.